The minimum absolute atomic E-state index is 0.620. The van der Waals surface area contributed by atoms with Crippen LogP contribution in [0.25, 0.3) is 0 Å². The zero-order valence-electron chi connectivity index (χ0n) is 7.64. The zero-order valence-corrected chi connectivity index (χ0v) is 8.64. The van der Waals surface area contributed by atoms with Gasteiger partial charge in [0.2, 0.25) is 0 Å². The Morgan fingerprint density at radius 1 is 1.55 bits per heavy atom. The molecule has 0 bridgehead atoms. The van der Waals surface area contributed by atoms with E-state index in [4.69, 9.17) is 10.8 Å². The van der Waals surface area contributed by atoms with E-state index in [9.17, 15) is 4.79 Å². The van der Waals surface area contributed by atoms with Gasteiger partial charge in [-0.05, 0) is 13.0 Å². The molecule has 0 saturated carbocycles. The Bertz CT molecular complexity index is 160. The smallest absolute Gasteiger partial charge is 0.323 e. The third-order valence-corrected chi connectivity index (χ3v) is 3.18. The van der Waals surface area contributed by atoms with Crippen LogP contribution < -0.4 is 5.73 Å². The Labute approximate surface area is 68.6 Å². The summed E-state index contributed by atoms with van der Waals surface area (Å²) in [4.78, 5) is 10.6. The first kappa shape index (κ1) is 10.6. The Morgan fingerprint density at radius 2 is 1.91 bits per heavy atom. The van der Waals surface area contributed by atoms with Crippen LogP contribution in [0, 0.1) is 0 Å². The van der Waals surface area contributed by atoms with E-state index >= 15 is 0 Å². The number of hydrogen-bond donors (Lipinski definition) is 2. The van der Waals surface area contributed by atoms with Crippen LogP contribution in [0.5, 0.6) is 0 Å². The SMILES string of the molecule is CC(N)(C[Si](C)(C)C)C(=O)O. The number of nitrogens with two attached hydrogens (primary N) is 1. The van der Waals surface area contributed by atoms with Crippen molar-refractivity contribution in [1.29, 1.82) is 0 Å². The van der Waals surface area contributed by atoms with Crippen molar-refractivity contribution in [1.82, 2.24) is 0 Å². The lowest BCUT2D eigenvalue weighted by molar-refractivity contribution is -0.141. The lowest BCUT2D eigenvalue weighted by Gasteiger charge is -2.26. The molecule has 0 aliphatic rings. The number of carboxylic acid groups (broad SMARTS) is 1. The van der Waals surface area contributed by atoms with E-state index in [2.05, 4.69) is 19.6 Å². The predicted molar refractivity (Wildman–Crippen MR) is 48.4 cm³/mol. The van der Waals surface area contributed by atoms with Crippen LogP contribution in [-0.4, -0.2) is 24.7 Å². The molecule has 0 radical (unpaired) electrons. The summed E-state index contributed by atoms with van der Waals surface area (Å²) in [5.41, 5.74) is 4.54. The summed E-state index contributed by atoms with van der Waals surface area (Å²) in [6.07, 6.45) is 0. The van der Waals surface area contributed by atoms with Gasteiger partial charge in [0.15, 0.2) is 0 Å². The molecule has 0 aliphatic carbocycles. The van der Waals surface area contributed by atoms with Crippen LogP contribution in [0.3, 0.4) is 0 Å². The molecule has 0 amide bonds. The molecule has 3 nitrogen and oxygen atoms in total. The second kappa shape index (κ2) is 2.95. The van der Waals surface area contributed by atoms with Crippen molar-refractivity contribution in [2.75, 3.05) is 0 Å². The molecule has 0 aromatic carbocycles. The third kappa shape index (κ3) is 4.16. The highest BCUT2D eigenvalue weighted by Gasteiger charge is 2.33. The number of aliphatic carboxylic acids is 1. The fraction of sp³-hybridized carbons (Fsp3) is 0.857. The maximum absolute atomic E-state index is 10.6. The van der Waals surface area contributed by atoms with E-state index in [0.717, 1.165) is 0 Å². The summed E-state index contributed by atoms with van der Waals surface area (Å²) in [5.74, 6) is -0.903. The van der Waals surface area contributed by atoms with Gasteiger partial charge >= 0.3 is 5.97 Å². The lowest BCUT2D eigenvalue weighted by Crippen LogP contribution is -2.49. The number of carboxylic acids is 1. The zero-order chi connectivity index (χ0) is 9.28. The maximum Gasteiger partial charge on any atom is 0.323 e. The molecule has 0 fully saturated rings. The normalized spacial score (nSPS) is 17.5. The highest BCUT2D eigenvalue weighted by molar-refractivity contribution is 6.76. The Morgan fingerprint density at radius 3 is 2.00 bits per heavy atom. The van der Waals surface area contributed by atoms with E-state index in [1.54, 1.807) is 6.92 Å². The number of rotatable bonds is 3. The van der Waals surface area contributed by atoms with Crippen LogP contribution in [0.15, 0.2) is 0 Å². The van der Waals surface area contributed by atoms with Crippen molar-refractivity contribution in [3.05, 3.63) is 0 Å². The first-order valence-electron chi connectivity index (χ1n) is 3.67. The van der Waals surface area contributed by atoms with Gasteiger partial charge in [-0.3, -0.25) is 4.79 Å². The molecule has 4 heteroatoms. The molecule has 0 spiro atoms. The highest BCUT2D eigenvalue weighted by Crippen LogP contribution is 2.18. The fourth-order valence-electron chi connectivity index (χ4n) is 1.18. The summed E-state index contributed by atoms with van der Waals surface area (Å²) in [5, 5.41) is 8.70. The average Bonchev–Trinajstić information content (AvgIpc) is 1.56. The van der Waals surface area contributed by atoms with Crippen molar-refractivity contribution in [3.8, 4) is 0 Å². The summed E-state index contributed by atoms with van der Waals surface area (Å²) >= 11 is 0. The van der Waals surface area contributed by atoms with Crippen LogP contribution in [0.1, 0.15) is 6.92 Å². The second-order valence-electron chi connectivity index (χ2n) is 4.46. The molecule has 0 saturated heterocycles. The minimum Gasteiger partial charge on any atom is -0.480 e. The highest BCUT2D eigenvalue weighted by atomic mass is 28.3. The summed E-state index contributed by atoms with van der Waals surface area (Å²) in [6, 6.07) is 0.620. The molecule has 0 aromatic rings. The second-order valence-corrected chi connectivity index (χ2v) is 9.93. The first-order valence-corrected chi connectivity index (χ1v) is 7.38. The van der Waals surface area contributed by atoms with Gasteiger partial charge in [-0.25, -0.2) is 0 Å². The van der Waals surface area contributed by atoms with Crippen molar-refractivity contribution in [2.24, 2.45) is 5.73 Å². The molecule has 1 unspecified atom stereocenters. The van der Waals surface area contributed by atoms with Gasteiger partial charge in [0.25, 0.3) is 0 Å². The topological polar surface area (TPSA) is 63.3 Å². The molecular formula is C7H17NO2Si. The van der Waals surface area contributed by atoms with E-state index < -0.39 is 19.6 Å². The molecular weight excluding hydrogens is 158 g/mol. The van der Waals surface area contributed by atoms with Crippen LogP contribution >= 0.6 is 0 Å². The Balaban J connectivity index is 4.25. The van der Waals surface area contributed by atoms with Gasteiger partial charge in [0.05, 0.1) is 0 Å². The summed E-state index contributed by atoms with van der Waals surface area (Å²) < 4.78 is 0. The van der Waals surface area contributed by atoms with Gasteiger partial charge < -0.3 is 10.8 Å². The number of carbonyl (C=O) groups is 1. The van der Waals surface area contributed by atoms with Crippen LogP contribution in [0.2, 0.25) is 25.7 Å². The number of hydrogen-bond acceptors (Lipinski definition) is 2. The maximum atomic E-state index is 10.6. The largest absolute Gasteiger partial charge is 0.480 e. The van der Waals surface area contributed by atoms with Crippen LogP contribution in [0.4, 0.5) is 0 Å². The molecule has 66 valence electrons. The molecule has 0 rings (SSSR count). The van der Waals surface area contributed by atoms with Gasteiger partial charge in [-0.1, -0.05) is 19.6 Å². The Hall–Kier alpha value is -0.353. The monoisotopic (exact) mass is 175 g/mol. The quantitative estimate of drug-likeness (QED) is 0.632. The van der Waals surface area contributed by atoms with Crippen molar-refractivity contribution in [2.45, 2.75) is 38.1 Å². The molecule has 11 heavy (non-hydrogen) atoms. The fourth-order valence-corrected chi connectivity index (χ4v) is 3.53. The average molecular weight is 175 g/mol. The van der Waals surface area contributed by atoms with Gasteiger partial charge in [-0.15, -0.1) is 0 Å². The van der Waals surface area contributed by atoms with Crippen molar-refractivity contribution < 1.29 is 9.90 Å². The standard InChI is InChI=1S/C7H17NO2Si/c1-7(8,6(9)10)5-11(2,3)4/h5,8H2,1-4H3,(H,9,10). The van der Waals surface area contributed by atoms with E-state index in [1.165, 1.54) is 0 Å². The van der Waals surface area contributed by atoms with Crippen molar-refractivity contribution >= 4 is 14.0 Å². The van der Waals surface area contributed by atoms with E-state index in [0.29, 0.717) is 6.04 Å². The molecule has 3 N–H and O–H groups in total. The van der Waals surface area contributed by atoms with Crippen molar-refractivity contribution in [3.63, 3.8) is 0 Å². The molecule has 1 atom stereocenters. The van der Waals surface area contributed by atoms with E-state index in [1.807, 2.05) is 0 Å². The predicted octanol–water partition coefficient (Wildman–Crippen LogP) is 1.13. The molecule has 0 aliphatic heterocycles. The van der Waals surface area contributed by atoms with Gasteiger partial charge in [0.1, 0.15) is 5.54 Å². The van der Waals surface area contributed by atoms with Gasteiger partial charge in [0, 0.05) is 8.07 Å². The molecule has 0 heterocycles. The van der Waals surface area contributed by atoms with Gasteiger partial charge in [-0.2, -0.15) is 0 Å². The minimum atomic E-state index is -1.36. The Kier molecular flexibility index (Phi) is 2.85. The van der Waals surface area contributed by atoms with E-state index in [-0.39, 0.29) is 0 Å². The van der Waals surface area contributed by atoms with Crippen LogP contribution in [-0.2, 0) is 4.79 Å². The third-order valence-electron chi connectivity index (χ3n) is 1.39. The molecule has 0 aromatic heterocycles. The summed E-state index contributed by atoms with van der Waals surface area (Å²) in [6.45, 7) is 7.91. The first-order chi connectivity index (χ1) is 4.65. The lowest BCUT2D eigenvalue weighted by atomic mass is 10.1. The summed E-state index contributed by atoms with van der Waals surface area (Å²) in [7, 11) is -1.36.